The van der Waals surface area contributed by atoms with Crippen LogP contribution in [0, 0.1) is 5.92 Å². The van der Waals surface area contributed by atoms with Crippen molar-refractivity contribution in [3.8, 4) is 0 Å². The number of nitrogens with one attached hydrogen (secondary N) is 1. The molecule has 2 aromatic rings. The van der Waals surface area contributed by atoms with Crippen molar-refractivity contribution in [2.45, 2.75) is 17.9 Å². The van der Waals surface area contributed by atoms with E-state index in [1.54, 1.807) is 32.3 Å². The molecule has 2 heterocycles. The fourth-order valence-corrected chi connectivity index (χ4v) is 4.64. The third-order valence-electron chi connectivity index (χ3n) is 4.66. The first kappa shape index (κ1) is 16.2. The van der Waals surface area contributed by atoms with Crippen LogP contribution >= 0.6 is 0 Å². The number of imidazole rings is 1. The van der Waals surface area contributed by atoms with E-state index in [0.717, 1.165) is 6.54 Å². The molecule has 23 heavy (non-hydrogen) atoms. The van der Waals surface area contributed by atoms with Gasteiger partial charge in [0.1, 0.15) is 0 Å². The van der Waals surface area contributed by atoms with Crippen molar-refractivity contribution in [2.24, 2.45) is 20.0 Å². The molecule has 1 aliphatic rings. The summed E-state index contributed by atoms with van der Waals surface area (Å²) in [4.78, 5) is 14.3. The number of sulfonamides is 1. The van der Waals surface area contributed by atoms with Gasteiger partial charge in [0.05, 0.1) is 15.9 Å². The van der Waals surface area contributed by atoms with Crippen molar-refractivity contribution >= 4 is 21.1 Å². The van der Waals surface area contributed by atoms with E-state index in [4.69, 9.17) is 0 Å². The Kier molecular flexibility index (Phi) is 3.86. The zero-order chi connectivity index (χ0) is 16.9. The lowest BCUT2D eigenvalue weighted by Crippen LogP contribution is -2.39. The highest BCUT2D eigenvalue weighted by atomic mass is 32.2. The minimum atomic E-state index is -3.61. The molecule has 0 amide bonds. The Morgan fingerprint density at radius 1 is 1.09 bits per heavy atom. The van der Waals surface area contributed by atoms with Crippen LogP contribution in [-0.2, 0) is 24.1 Å². The van der Waals surface area contributed by atoms with Crippen molar-refractivity contribution in [2.75, 3.05) is 20.1 Å². The topological polar surface area (TPSA) is 76.3 Å². The Hall–Kier alpha value is -1.64. The molecule has 0 bridgehead atoms. The van der Waals surface area contributed by atoms with Gasteiger partial charge in [0.15, 0.2) is 0 Å². The van der Waals surface area contributed by atoms with Crippen LogP contribution in [0.25, 0.3) is 11.0 Å². The van der Waals surface area contributed by atoms with Gasteiger partial charge in [0.2, 0.25) is 10.0 Å². The Bertz CT molecular complexity index is 913. The molecule has 126 valence electrons. The number of aromatic nitrogens is 2. The molecule has 2 atom stereocenters. The highest BCUT2D eigenvalue weighted by Crippen LogP contribution is 2.21. The number of fused-ring (bicyclic) bond motifs is 1. The molecular formula is C15H22N4O3S. The lowest BCUT2D eigenvalue weighted by atomic mass is 10.1. The Morgan fingerprint density at radius 2 is 1.74 bits per heavy atom. The second kappa shape index (κ2) is 5.47. The number of aryl methyl sites for hydroxylation is 2. The maximum absolute atomic E-state index is 12.7. The Morgan fingerprint density at radius 3 is 2.35 bits per heavy atom. The van der Waals surface area contributed by atoms with E-state index in [2.05, 4.69) is 9.62 Å². The number of benzene rings is 1. The summed E-state index contributed by atoms with van der Waals surface area (Å²) in [5.74, 6) is 0.264. The summed E-state index contributed by atoms with van der Waals surface area (Å²) in [6, 6.07) is 4.69. The second-order valence-electron chi connectivity index (χ2n) is 6.48. The van der Waals surface area contributed by atoms with E-state index in [9.17, 15) is 13.2 Å². The molecule has 0 saturated carbocycles. The molecule has 1 N–H and O–H groups in total. The quantitative estimate of drug-likeness (QED) is 0.862. The van der Waals surface area contributed by atoms with E-state index < -0.39 is 10.0 Å². The van der Waals surface area contributed by atoms with Crippen LogP contribution in [0.1, 0.15) is 6.92 Å². The van der Waals surface area contributed by atoms with Gasteiger partial charge in [0, 0.05) is 33.2 Å². The molecule has 0 unspecified atom stereocenters. The van der Waals surface area contributed by atoms with Crippen LogP contribution < -0.4 is 10.4 Å². The van der Waals surface area contributed by atoms with Crippen molar-refractivity contribution in [1.29, 1.82) is 0 Å². The number of hydrogen-bond acceptors (Lipinski definition) is 4. The van der Waals surface area contributed by atoms with Crippen LogP contribution in [0.4, 0.5) is 0 Å². The summed E-state index contributed by atoms with van der Waals surface area (Å²) in [5.41, 5.74) is 1.15. The molecule has 0 radical (unpaired) electrons. The molecule has 8 heteroatoms. The molecule has 0 aliphatic carbocycles. The predicted octanol–water partition coefficient (Wildman–Crippen LogP) is 0.105. The van der Waals surface area contributed by atoms with Crippen molar-refractivity contribution in [3.63, 3.8) is 0 Å². The van der Waals surface area contributed by atoms with E-state index in [1.165, 1.54) is 9.13 Å². The molecule has 1 fully saturated rings. The highest BCUT2D eigenvalue weighted by Gasteiger charge is 2.31. The minimum Gasteiger partial charge on any atom is -0.304 e. The van der Waals surface area contributed by atoms with Gasteiger partial charge < -0.3 is 4.90 Å². The molecule has 1 aromatic carbocycles. The van der Waals surface area contributed by atoms with Gasteiger partial charge in [-0.1, -0.05) is 6.92 Å². The van der Waals surface area contributed by atoms with Gasteiger partial charge in [0.25, 0.3) is 0 Å². The molecule has 3 rings (SSSR count). The van der Waals surface area contributed by atoms with Crippen molar-refractivity contribution in [3.05, 3.63) is 28.7 Å². The van der Waals surface area contributed by atoms with E-state index in [1.807, 2.05) is 14.0 Å². The van der Waals surface area contributed by atoms with Crippen LogP contribution in [0.15, 0.2) is 27.9 Å². The van der Waals surface area contributed by atoms with Crippen LogP contribution in [0.2, 0.25) is 0 Å². The normalized spacial score (nSPS) is 23.0. The smallest absolute Gasteiger partial charge is 0.304 e. The average Bonchev–Trinajstić information content (AvgIpc) is 2.91. The number of hydrogen-bond donors (Lipinski definition) is 1. The lowest BCUT2D eigenvalue weighted by molar-refractivity contribution is 0.400. The monoisotopic (exact) mass is 338 g/mol. The third-order valence-corrected chi connectivity index (χ3v) is 6.14. The summed E-state index contributed by atoms with van der Waals surface area (Å²) in [7, 11) is 1.68. The SMILES string of the molecule is C[C@@H]1CN(C)C[C@H]1NS(=O)(=O)c1ccc2c(c1)n(C)c(=O)n2C. The number of rotatable bonds is 3. The maximum atomic E-state index is 12.7. The van der Waals surface area contributed by atoms with Gasteiger partial charge in [-0.05, 0) is 31.2 Å². The highest BCUT2D eigenvalue weighted by molar-refractivity contribution is 7.89. The summed E-state index contributed by atoms with van der Waals surface area (Å²) in [6.07, 6.45) is 0. The molecule has 1 saturated heterocycles. The zero-order valence-corrected chi connectivity index (χ0v) is 14.6. The Balaban J connectivity index is 1.99. The number of likely N-dealkylation sites (N-methyl/N-ethyl adjacent to an activating group) is 1. The molecule has 7 nitrogen and oxygen atoms in total. The zero-order valence-electron chi connectivity index (χ0n) is 13.8. The molecule has 1 aromatic heterocycles. The van der Waals surface area contributed by atoms with Gasteiger partial charge in [-0.25, -0.2) is 17.9 Å². The largest absolute Gasteiger partial charge is 0.328 e. The molecular weight excluding hydrogens is 316 g/mol. The van der Waals surface area contributed by atoms with Gasteiger partial charge in [-0.3, -0.25) is 9.13 Å². The standard InChI is InChI=1S/C15H22N4O3S/c1-10-8-17(2)9-12(10)16-23(21,22)11-5-6-13-14(7-11)19(4)15(20)18(13)3/h5-7,10,12,16H,8-9H2,1-4H3/t10-,12-/m1/s1. The van der Waals surface area contributed by atoms with Crippen LogP contribution in [0.3, 0.4) is 0 Å². The summed E-state index contributed by atoms with van der Waals surface area (Å²) in [6.45, 7) is 3.62. The number of nitrogens with zero attached hydrogens (tertiary/aromatic N) is 3. The van der Waals surface area contributed by atoms with E-state index in [-0.39, 0.29) is 22.5 Å². The predicted molar refractivity (Wildman–Crippen MR) is 88.9 cm³/mol. The number of likely N-dealkylation sites (tertiary alicyclic amines) is 1. The van der Waals surface area contributed by atoms with E-state index in [0.29, 0.717) is 17.6 Å². The molecule has 1 aliphatic heterocycles. The summed E-state index contributed by atoms with van der Waals surface area (Å²) < 4.78 is 31.1. The van der Waals surface area contributed by atoms with Gasteiger partial charge in [-0.15, -0.1) is 0 Å². The van der Waals surface area contributed by atoms with E-state index >= 15 is 0 Å². The van der Waals surface area contributed by atoms with Gasteiger partial charge in [-0.2, -0.15) is 0 Å². The third kappa shape index (κ3) is 2.71. The first-order valence-corrected chi connectivity index (χ1v) is 9.05. The van der Waals surface area contributed by atoms with Crippen molar-refractivity contribution in [1.82, 2.24) is 18.8 Å². The van der Waals surface area contributed by atoms with Crippen LogP contribution in [0.5, 0.6) is 0 Å². The fraction of sp³-hybridized carbons (Fsp3) is 0.533. The molecule has 0 spiro atoms. The summed E-state index contributed by atoms with van der Waals surface area (Å²) in [5, 5.41) is 0. The minimum absolute atomic E-state index is 0.0970. The lowest BCUT2D eigenvalue weighted by Gasteiger charge is -2.16. The summed E-state index contributed by atoms with van der Waals surface area (Å²) >= 11 is 0. The first-order valence-electron chi connectivity index (χ1n) is 7.57. The fourth-order valence-electron chi connectivity index (χ4n) is 3.28. The van der Waals surface area contributed by atoms with Crippen molar-refractivity contribution < 1.29 is 8.42 Å². The first-order chi connectivity index (χ1) is 10.7. The maximum Gasteiger partial charge on any atom is 0.328 e. The Labute approximate surface area is 135 Å². The second-order valence-corrected chi connectivity index (χ2v) is 8.19. The van der Waals surface area contributed by atoms with Gasteiger partial charge >= 0.3 is 5.69 Å². The van der Waals surface area contributed by atoms with Crippen LogP contribution in [-0.4, -0.2) is 48.6 Å². The average molecular weight is 338 g/mol.